The van der Waals surface area contributed by atoms with E-state index in [1.807, 2.05) is 13.8 Å². The lowest BCUT2D eigenvalue weighted by Gasteiger charge is -2.26. The largest absolute Gasteiger partial charge is 0.372 e. The Morgan fingerprint density at radius 3 is 2.52 bits per heavy atom. The number of anilines is 1. The van der Waals surface area contributed by atoms with Crippen LogP contribution in [0.5, 0.6) is 0 Å². The molecule has 1 aromatic carbocycles. The van der Waals surface area contributed by atoms with Gasteiger partial charge in [0.25, 0.3) is 0 Å². The summed E-state index contributed by atoms with van der Waals surface area (Å²) in [5.41, 5.74) is 2.28. The first kappa shape index (κ1) is 17.5. The van der Waals surface area contributed by atoms with Gasteiger partial charge in [0.05, 0.1) is 6.07 Å². The fourth-order valence-electron chi connectivity index (χ4n) is 2.72. The van der Waals surface area contributed by atoms with Crippen molar-refractivity contribution in [3.8, 4) is 6.07 Å². The topological polar surface area (TPSA) is 39.1 Å². The molecule has 0 aromatic heterocycles. The molecule has 0 spiro atoms. The molecular weight excluding hydrogens is 258 g/mol. The van der Waals surface area contributed by atoms with Crippen LogP contribution >= 0.6 is 0 Å². The number of hydrogen-bond donors (Lipinski definition) is 1. The van der Waals surface area contributed by atoms with Crippen LogP contribution in [0.3, 0.4) is 0 Å². The summed E-state index contributed by atoms with van der Waals surface area (Å²) in [5, 5.41) is 12.5. The molecule has 1 rings (SSSR count). The van der Waals surface area contributed by atoms with Crippen LogP contribution in [0, 0.1) is 18.3 Å². The van der Waals surface area contributed by atoms with Crippen LogP contribution in [0.1, 0.15) is 45.6 Å². The fraction of sp³-hybridized carbons (Fsp3) is 0.611. The van der Waals surface area contributed by atoms with Crippen molar-refractivity contribution in [2.24, 2.45) is 0 Å². The van der Waals surface area contributed by atoms with Gasteiger partial charge in [-0.2, -0.15) is 5.26 Å². The second-order valence-electron chi connectivity index (χ2n) is 5.80. The lowest BCUT2D eigenvalue weighted by molar-refractivity contribution is 0.411. The molecule has 3 nitrogen and oxygen atoms in total. The number of para-hydroxylation sites is 1. The molecular formula is C18H29N3. The Hall–Kier alpha value is -1.53. The van der Waals surface area contributed by atoms with Gasteiger partial charge >= 0.3 is 0 Å². The maximum absolute atomic E-state index is 9.26. The van der Waals surface area contributed by atoms with E-state index in [4.69, 9.17) is 0 Å². The van der Waals surface area contributed by atoms with Crippen molar-refractivity contribution in [3.05, 3.63) is 29.8 Å². The van der Waals surface area contributed by atoms with Crippen molar-refractivity contribution >= 4 is 5.69 Å². The monoisotopic (exact) mass is 287 g/mol. The minimum absolute atomic E-state index is 0.380. The number of nitrogens with zero attached hydrogens (tertiary/aromatic N) is 2. The third-order valence-electron chi connectivity index (χ3n) is 4.01. The Morgan fingerprint density at radius 1 is 1.24 bits per heavy atom. The van der Waals surface area contributed by atoms with Gasteiger partial charge in [-0.3, -0.25) is 5.32 Å². The highest BCUT2D eigenvalue weighted by Crippen LogP contribution is 2.20. The maximum atomic E-state index is 9.26. The molecule has 0 aliphatic heterocycles. The number of nitrogens with one attached hydrogen (secondary N) is 1. The summed E-state index contributed by atoms with van der Waals surface area (Å²) in [6.07, 6.45) is 3.09. The second-order valence-corrected chi connectivity index (χ2v) is 5.80. The summed E-state index contributed by atoms with van der Waals surface area (Å²) in [7, 11) is 0. The predicted molar refractivity (Wildman–Crippen MR) is 90.6 cm³/mol. The molecule has 1 N–H and O–H groups in total. The van der Waals surface area contributed by atoms with E-state index in [0.717, 1.165) is 38.9 Å². The molecule has 0 saturated heterocycles. The van der Waals surface area contributed by atoms with Gasteiger partial charge in [0, 0.05) is 18.8 Å². The fourth-order valence-corrected chi connectivity index (χ4v) is 2.72. The Balaban J connectivity index is 2.47. The number of unbranched alkanes of at least 4 members (excludes halogenated alkanes) is 1. The van der Waals surface area contributed by atoms with Crippen LogP contribution in [-0.2, 0) is 0 Å². The van der Waals surface area contributed by atoms with Crippen molar-refractivity contribution in [1.82, 2.24) is 5.32 Å². The van der Waals surface area contributed by atoms with Gasteiger partial charge < -0.3 is 4.90 Å². The van der Waals surface area contributed by atoms with Gasteiger partial charge in [0.2, 0.25) is 0 Å². The summed E-state index contributed by atoms with van der Waals surface area (Å²) < 4.78 is 0. The third kappa shape index (κ3) is 5.40. The SMILES string of the molecule is CCNC(C)(C#N)CCCCN(CC)c1ccccc1C. The lowest BCUT2D eigenvalue weighted by Crippen LogP contribution is -2.40. The zero-order valence-corrected chi connectivity index (χ0v) is 13.9. The van der Waals surface area contributed by atoms with Crippen molar-refractivity contribution < 1.29 is 0 Å². The van der Waals surface area contributed by atoms with E-state index < -0.39 is 0 Å². The number of nitriles is 1. The van der Waals surface area contributed by atoms with Gasteiger partial charge in [-0.05, 0) is 58.2 Å². The van der Waals surface area contributed by atoms with Crippen LogP contribution < -0.4 is 10.2 Å². The molecule has 0 heterocycles. The van der Waals surface area contributed by atoms with Crippen molar-refractivity contribution in [1.29, 1.82) is 5.26 Å². The standard InChI is InChI=1S/C18H29N3/c1-5-20-18(4,15-19)13-9-10-14-21(6-2)17-12-8-7-11-16(17)3/h7-8,11-12,20H,5-6,9-10,13-14H2,1-4H3. The number of benzene rings is 1. The first-order valence-corrected chi connectivity index (χ1v) is 8.03. The van der Waals surface area contributed by atoms with E-state index in [1.165, 1.54) is 11.3 Å². The number of aryl methyl sites for hydroxylation is 1. The molecule has 0 saturated carbocycles. The highest BCUT2D eigenvalue weighted by molar-refractivity contribution is 5.52. The summed E-state index contributed by atoms with van der Waals surface area (Å²) >= 11 is 0. The maximum Gasteiger partial charge on any atom is 0.103 e. The molecule has 1 atom stereocenters. The lowest BCUT2D eigenvalue weighted by atomic mass is 9.96. The minimum Gasteiger partial charge on any atom is -0.372 e. The van der Waals surface area contributed by atoms with Crippen LogP contribution in [0.15, 0.2) is 24.3 Å². The smallest absolute Gasteiger partial charge is 0.103 e. The second kappa shape index (κ2) is 8.69. The third-order valence-corrected chi connectivity index (χ3v) is 4.01. The zero-order chi connectivity index (χ0) is 15.7. The van der Waals surface area contributed by atoms with E-state index >= 15 is 0 Å². The molecule has 0 aliphatic rings. The average Bonchev–Trinajstić information content (AvgIpc) is 2.49. The van der Waals surface area contributed by atoms with Crippen LogP contribution in [-0.4, -0.2) is 25.2 Å². The van der Waals surface area contributed by atoms with Crippen molar-refractivity contribution in [2.75, 3.05) is 24.5 Å². The number of rotatable bonds is 9. The molecule has 116 valence electrons. The first-order valence-electron chi connectivity index (χ1n) is 8.03. The number of hydrogen-bond acceptors (Lipinski definition) is 3. The summed E-state index contributed by atoms with van der Waals surface area (Å²) in [5.74, 6) is 0. The summed E-state index contributed by atoms with van der Waals surface area (Å²) in [6.45, 7) is 11.3. The molecule has 1 aromatic rings. The van der Waals surface area contributed by atoms with Crippen molar-refractivity contribution in [2.45, 2.75) is 52.5 Å². The van der Waals surface area contributed by atoms with E-state index in [9.17, 15) is 5.26 Å². The van der Waals surface area contributed by atoms with E-state index in [0.29, 0.717) is 0 Å². The van der Waals surface area contributed by atoms with Gasteiger partial charge in [-0.25, -0.2) is 0 Å². The zero-order valence-electron chi connectivity index (χ0n) is 13.9. The Labute approximate surface area is 130 Å². The Bertz CT molecular complexity index is 464. The average molecular weight is 287 g/mol. The van der Waals surface area contributed by atoms with Gasteiger partial charge in [0.1, 0.15) is 5.54 Å². The molecule has 21 heavy (non-hydrogen) atoms. The molecule has 0 fully saturated rings. The van der Waals surface area contributed by atoms with Gasteiger partial charge in [0.15, 0.2) is 0 Å². The highest BCUT2D eigenvalue weighted by Gasteiger charge is 2.21. The molecule has 0 aliphatic carbocycles. The summed E-state index contributed by atoms with van der Waals surface area (Å²) in [6, 6.07) is 10.9. The Morgan fingerprint density at radius 2 is 1.95 bits per heavy atom. The van der Waals surface area contributed by atoms with Crippen LogP contribution in [0.2, 0.25) is 0 Å². The quantitative estimate of drug-likeness (QED) is 0.700. The molecule has 3 heteroatoms. The molecule has 0 radical (unpaired) electrons. The van der Waals surface area contributed by atoms with E-state index in [2.05, 4.69) is 54.4 Å². The molecule has 0 amide bonds. The van der Waals surface area contributed by atoms with Crippen molar-refractivity contribution in [3.63, 3.8) is 0 Å². The Kier molecular flexibility index (Phi) is 7.25. The van der Waals surface area contributed by atoms with Crippen LogP contribution in [0.25, 0.3) is 0 Å². The first-order chi connectivity index (χ1) is 10.1. The van der Waals surface area contributed by atoms with E-state index in [1.54, 1.807) is 0 Å². The molecule has 1 unspecified atom stereocenters. The molecule has 0 bridgehead atoms. The predicted octanol–water partition coefficient (Wildman–Crippen LogP) is 3.88. The van der Waals surface area contributed by atoms with E-state index in [-0.39, 0.29) is 5.54 Å². The van der Waals surface area contributed by atoms with Crippen LogP contribution in [0.4, 0.5) is 5.69 Å². The van der Waals surface area contributed by atoms with Gasteiger partial charge in [-0.15, -0.1) is 0 Å². The minimum atomic E-state index is -0.380. The van der Waals surface area contributed by atoms with Gasteiger partial charge in [-0.1, -0.05) is 25.1 Å². The normalized spacial score (nSPS) is 13.5. The highest BCUT2D eigenvalue weighted by atomic mass is 15.1. The summed E-state index contributed by atoms with van der Waals surface area (Å²) in [4.78, 5) is 2.42.